The van der Waals surface area contributed by atoms with Crippen molar-refractivity contribution < 1.29 is 5.11 Å². The third-order valence-electron chi connectivity index (χ3n) is 2.60. The Morgan fingerprint density at radius 1 is 1.47 bits per heavy atom. The summed E-state index contributed by atoms with van der Waals surface area (Å²) in [4.78, 5) is 4.28. The molecule has 2 rings (SSSR count). The molecule has 92 valence electrons. The average Bonchev–Trinajstić information content (AvgIpc) is 2.36. The molecule has 1 N–H and O–H groups in total. The number of halogens is 1. The van der Waals surface area contributed by atoms with Crippen LogP contribution in [0.3, 0.4) is 0 Å². The second-order valence-electron chi connectivity index (χ2n) is 3.70. The van der Waals surface area contributed by atoms with Crippen LogP contribution in [-0.2, 0) is 0 Å². The van der Waals surface area contributed by atoms with E-state index >= 15 is 0 Å². The molecule has 0 spiro atoms. The Labute approximate surface area is 119 Å². The Kier molecular flexibility index (Phi) is 6.31. The van der Waals surface area contributed by atoms with Crippen LogP contribution in [0.25, 0.3) is 0 Å². The molecule has 1 heterocycles. The van der Waals surface area contributed by atoms with Gasteiger partial charge in [0.05, 0.1) is 0 Å². The first-order chi connectivity index (χ1) is 8.23. The van der Waals surface area contributed by atoms with Gasteiger partial charge < -0.3 is 5.11 Å². The molecule has 2 nitrogen and oxygen atoms in total. The number of hydrogen-bond donors (Lipinski definition) is 1. The minimum Gasteiger partial charge on any atom is -0.378 e. The third-order valence-corrected chi connectivity index (χ3v) is 3.44. The number of aliphatic hydroxyl groups is 1. The number of pyridine rings is 1. The maximum atomic E-state index is 9.95. The Morgan fingerprint density at radius 3 is 2.71 bits per heavy atom. The lowest BCUT2D eigenvalue weighted by atomic mass is 9.70. The highest BCUT2D eigenvalue weighted by Crippen LogP contribution is 2.43. The molecule has 17 heavy (non-hydrogen) atoms. The van der Waals surface area contributed by atoms with Crippen LogP contribution >= 0.6 is 30.1 Å². The second-order valence-corrected chi connectivity index (χ2v) is 5.38. The smallest absolute Gasteiger partial charge is 0.127 e. The van der Waals surface area contributed by atoms with E-state index < -0.39 is 5.60 Å². The van der Waals surface area contributed by atoms with Crippen LogP contribution in [0.4, 0.5) is 0 Å². The van der Waals surface area contributed by atoms with E-state index in [1.54, 1.807) is 6.20 Å². The summed E-state index contributed by atoms with van der Waals surface area (Å²) in [6.45, 7) is 4.00. The van der Waals surface area contributed by atoms with Crippen LogP contribution in [0.5, 0.6) is 0 Å². The molecule has 1 aliphatic carbocycles. The van der Waals surface area contributed by atoms with Gasteiger partial charge in [0.2, 0.25) is 0 Å². The molecule has 0 aliphatic heterocycles. The van der Waals surface area contributed by atoms with Gasteiger partial charge in [0.25, 0.3) is 0 Å². The van der Waals surface area contributed by atoms with Crippen LogP contribution in [-0.4, -0.2) is 15.7 Å². The summed E-state index contributed by atoms with van der Waals surface area (Å²) in [6.07, 6.45) is 3.20. The van der Waals surface area contributed by atoms with Crippen molar-refractivity contribution in [3.63, 3.8) is 0 Å². The number of aromatic nitrogens is 1. The molecule has 0 unspecified atom stereocenters. The Bertz CT molecular complexity index is 393. The molecule has 0 saturated heterocycles. The van der Waals surface area contributed by atoms with Crippen molar-refractivity contribution in [2.45, 2.75) is 38.2 Å². The summed E-state index contributed by atoms with van der Waals surface area (Å²) in [6, 6.07) is 5.89. The summed E-state index contributed by atoms with van der Waals surface area (Å²) < 4.78 is 0. The molecular weight excluding hydrogens is 345 g/mol. The van der Waals surface area contributed by atoms with E-state index in [0.29, 0.717) is 18.8 Å². The zero-order valence-corrected chi connectivity index (χ0v) is 13.0. The molecule has 4 heteroatoms. The van der Waals surface area contributed by atoms with Gasteiger partial charge in [-0.25, -0.2) is 0 Å². The SMILES string of the molecule is CC.OC1(C#CSI)CC(c2ccccn2)C1. The predicted octanol–water partition coefficient (Wildman–Crippen LogP) is 3.76. The molecule has 0 bridgehead atoms. The predicted molar refractivity (Wildman–Crippen MR) is 81.9 cm³/mol. The van der Waals surface area contributed by atoms with E-state index in [4.69, 9.17) is 0 Å². The van der Waals surface area contributed by atoms with Gasteiger partial charge in [0.15, 0.2) is 0 Å². The number of hydrogen-bond acceptors (Lipinski definition) is 3. The van der Waals surface area contributed by atoms with Gasteiger partial charge in [-0.3, -0.25) is 4.98 Å². The maximum absolute atomic E-state index is 9.95. The van der Waals surface area contributed by atoms with E-state index in [2.05, 4.69) is 37.4 Å². The van der Waals surface area contributed by atoms with Gasteiger partial charge in [-0.15, -0.1) is 0 Å². The Balaban J connectivity index is 0.000000686. The van der Waals surface area contributed by atoms with Crippen molar-refractivity contribution in [1.82, 2.24) is 4.98 Å². The second kappa shape index (κ2) is 7.24. The maximum Gasteiger partial charge on any atom is 0.127 e. The highest BCUT2D eigenvalue weighted by molar-refractivity contribution is 14.2. The standard InChI is InChI=1S/C11H10INOS.C2H6/c12-15-6-4-11(14)7-9(8-11)10-3-1-2-5-13-10;1-2/h1-3,5,9,14H,7-8H2;1-2H3. The summed E-state index contributed by atoms with van der Waals surface area (Å²) in [7, 11) is 1.41. The summed E-state index contributed by atoms with van der Waals surface area (Å²) in [5.74, 6) is 3.24. The van der Waals surface area contributed by atoms with Gasteiger partial charge in [-0.1, -0.05) is 25.8 Å². The van der Waals surface area contributed by atoms with Crippen LogP contribution in [0.15, 0.2) is 24.4 Å². The van der Waals surface area contributed by atoms with E-state index in [0.717, 1.165) is 5.69 Å². The third kappa shape index (κ3) is 4.16. The first kappa shape index (κ1) is 14.8. The van der Waals surface area contributed by atoms with Gasteiger partial charge in [0, 0.05) is 39.0 Å². The van der Waals surface area contributed by atoms with Crippen molar-refractivity contribution in [3.05, 3.63) is 30.1 Å². The summed E-state index contributed by atoms with van der Waals surface area (Å²) >= 11 is 2.10. The van der Waals surface area contributed by atoms with Crippen molar-refractivity contribution in [2.75, 3.05) is 0 Å². The zero-order valence-electron chi connectivity index (χ0n) is 9.98. The molecule has 0 amide bonds. The molecule has 0 radical (unpaired) electrons. The van der Waals surface area contributed by atoms with E-state index in [-0.39, 0.29) is 0 Å². The zero-order chi connectivity index (χ0) is 12.7. The molecule has 1 fully saturated rings. The summed E-state index contributed by atoms with van der Waals surface area (Å²) in [5, 5.41) is 12.8. The average molecular weight is 361 g/mol. The molecule has 1 aliphatic rings. The first-order valence-corrected chi connectivity index (χ1v) is 9.02. The number of nitrogens with zero attached hydrogens (tertiary/aromatic N) is 1. The molecule has 1 saturated carbocycles. The minimum atomic E-state index is -0.777. The van der Waals surface area contributed by atoms with Crippen LogP contribution in [0.1, 0.15) is 38.3 Å². The first-order valence-electron chi connectivity index (χ1n) is 5.66. The molecule has 1 aromatic heterocycles. The van der Waals surface area contributed by atoms with Crippen molar-refractivity contribution in [3.8, 4) is 11.2 Å². The fourth-order valence-electron chi connectivity index (χ4n) is 1.80. The molecule has 1 aromatic rings. The van der Waals surface area contributed by atoms with Gasteiger partial charge in [-0.2, -0.15) is 0 Å². The summed E-state index contributed by atoms with van der Waals surface area (Å²) in [5.41, 5.74) is 0.284. The Morgan fingerprint density at radius 2 is 2.18 bits per heavy atom. The van der Waals surface area contributed by atoms with Crippen LogP contribution < -0.4 is 0 Å². The quantitative estimate of drug-likeness (QED) is 0.611. The number of rotatable bonds is 1. The van der Waals surface area contributed by atoms with E-state index in [9.17, 15) is 5.11 Å². The molecule has 0 atom stereocenters. The van der Waals surface area contributed by atoms with E-state index in [1.807, 2.05) is 32.0 Å². The lowest BCUT2D eigenvalue weighted by molar-refractivity contribution is 0.00488. The largest absolute Gasteiger partial charge is 0.378 e. The topological polar surface area (TPSA) is 33.1 Å². The molecular formula is C13H16INOS. The highest BCUT2D eigenvalue weighted by Gasteiger charge is 2.42. The lowest BCUT2D eigenvalue weighted by Gasteiger charge is -2.39. The fourth-order valence-corrected chi connectivity index (χ4v) is 2.36. The fraction of sp³-hybridized carbons (Fsp3) is 0.462. The molecule has 0 aromatic carbocycles. The normalized spacial score (nSPS) is 25.8. The van der Waals surface area contributed by atoms with Crippen molar-refractivity contribution in [1.29, 1.82) is 0 Å². The van der Waals surface area contributed by atoms with Gasteiger partial charge >= 0.3 is 0 Å². The minimum absolute atomic E-state index is 0.365. The van der Waals surface area contributed by atoms with Gasteiger partial charge in [0.1, 0.15) is 5.60 Å². The van der Waals surface area contributed by atoms with Crippen molar-refractivity contribution in [2.24, 2.45) is 0 Å². The van der Waals surface area contributed by atoms with E-state index in [1.165, 1.54) is 8.93 Å². The van der Waals surface area contributed by atoms with Gasteiger partial charge in [-0.05, 0) is 39.2 Å². The van der Waals surface area contributed by atoms with Crippen molar-refractivity contribution >= 4 is 30.1 Å². The Hall–Kier alpha value is -0.250. The monoisotopic (exact) mass is 361 g/mol. The lowest BCUT2D eigenvalue weighted by Crippen LogP contribution is -2.41. The van der Waals surface area contributed by atoms with Crippen LogP contribution in [0.2, 0.25) is 0 Å². The highest BCUT2D eigenvalue weighted by atomic mass is 127. The van der Waals surface area contributed by atoms with Crippen LogP contribution in [0, 0.1) is 11.2 Å².